The topological polar surface area (TPSA) is 76.6 Å². The molecular formula is C20H13ClN2O4S. The third kappa shape index (κ3) is 3.08. The highest BCUT2D eigenvalue weighted by Crippen LogP contribution is 2.37. The summed E-state index contributed by atoms with van der Waals surface area (Å²) in [5.41, 5.74) is 1.91. The number of thiazole rings is 1. The van der Waals surface area contributed by atoms with Crippen molar-refractivity contribution in [3.63, 3.8) is 0 Å². The second-order valence-corrected chi connectivity index (χ2v) is 7.52. The van der Waals surface area contributed by atoms with Gasteiger partial charge in [0.2, 0.25) is 0 Å². The number of methoxy groups -OCH3 is 1. The molecule has 0 saturated heterocycles. The SMILES string of the molecule is COC(=O)Cc1sc(N2C(=O)c3ccccc3C2=O)nc1-c1ccc(Cl)cc1. The summed E-state index contributed by atoms with van der Waals surface area (Å²) in [5, 5.41) is 0.782. The zero-order chi connectivity index (χ0) is 19.8. The van der Waals surface area contributed by atoms with E-state index in [0.717, 1.165) is 21.8 Å². The Hall–Kier alpha value is -3.03. The van der Waals surface area contributed by atoms with E-state index in [-0.39, 0.29) is 11.6 Å². The number of hydrogen-bond acceptors (Lipinski definition) is 6. The number of halogens is 1. The minimum atomic E-state index is -0.437. The van der Waals surface area contributed by atoms with Crippen LogP contribution >= 0.6 is 22.9 Å². The van der Waals surface area contributed by atoms with Crippen LogP contribution in [-0.4, -0.2) is 29.9 Å². The van der Waals surface area contributed by atoms with E-state index in [9.17, 15) is 14.4 Å². The van der Waals surface area contributed by atoms with Crippen molar-refractivity contribution in [3.8, 4) is 11.3 Å². The molecule has 1 aromatic heterocycles. The first kappa shape index (κ1) is 18.3. The lowest BCUT2D eigenvalue weighted by Gasteiger charge is -2.08. The molecule has 8 heteroatoms. The average Bonchev–Trinajstić information content (AvgIpc) is 3.21. The van der Waals surface area contributed by atoms with Gasteiger partial charge in [0.15, 0.2) is 5.13 Å². The summed E-state index contributed by atoms with van der Waals surface area (Å²) < 4.78 is 4.76. The Morgan fingerprint density at radius 3 is 2.25 bits per heavy atom. The van der Waals surface area contributed by atoms with Crippen LogP contribution in [0.3, 0.4) is 0 Å². The lowest BCUT2D eigenvalue weighted by atomic mass is 10.1. The molecule has 1 aliphatic heterocycles. The number of rotatable bonds is 4. The zero-order valence-electron chi connectivity index (χ0n) is 14.6. The number of aromatic nitrogens is 1. The van der Waals surface area contributed by atoms with E-state index in [1.807, 2.05) is 0 Å². The zero-order valence-corrected chi connectivity index (χ0v) is 16.2. The summed E-state index contributed by atoms with van der Waals surface area (Å²) in [5.74, 6) is -1.30. The third-order valence-corrected chi connectivity index (χ3v) is 5.61. The van der Waals surface area contributed by atoms with E-state index >= 15 is 0 Å². The predicted molar refractivity (Wildman–Crippen MR) is 106 cm³/mol. The molecule has 2 amide bonds. The molecule has 0 unspecified atom stereocenters. The van der Waals surface area contributed by atoms with E-state index in [2.05, 4.69) is 4.98 Å². The molecule has 0 radical (unpaired) electrons. The molecule has 0 spiro atoms. The standard InChI is InChI=1S/C20H13ClN2O4S/c1-27-16(24)10-15-17(11-6-8-12(21)9-7-11)22-20(28-15)23-18(25)13-4-2-3-5-14(13)19(23)26/h2-9H,10H2,1H3. The summed E-state index contributed by atoms with van der Waals surface area (Å²) in [6.45, 7) is 0. The first-order valence-electron chi connectivity index (χ1n) is 8.30. The number of carbonyl (C=O) groups excluding carboxylic acids is 3. The van der Waals surface area contributed by atoms with Gasteiger partial charge in [-0.05, 0) is 24.3 Å². The van der Waals surface area contributed by atoms with Crippen molar-refractivity contribution in [2.45, 2.75) is 6.42 Å². The largest absolute Gasteiger partial charge is 0.469 e. The molecule has 0 aliphatic carbocycles. The number of fused-ring (bicyclic) bond motifs is 1. The average molecular weight is 413 g/mol. The first-order valence-corrected chi connectivity index (χ1v) is 9.49. The number of esters is 1. The number of carbonyl (C=O) groups is 3. The van der Waals surface area contributed by atoms with Gasteiger partial charge >= 0.3 is 5.97 Å². The van der Waals surface area contributed by atoms with E-state index in [1.54, 1.807) is 48.5 Å². The maximum atomic E-state index is 12.8. The van der Waals surface area contributed by atoms with Crippen molar-refractivity contribution in [1.82, 2.24) is 4.98 Å². The molecule has 2 aromatic carbocycles. The lowest BCUT2D eigenvalue weighted by Crippen LogP contribution is -2.29. The molecule has 2 heterocycles. The second kappa shape index (κ2) is 7.18. The first-order chi connectivity index (χ1) is 13.5. The van der Waals surface area contributed by atoms with Crippen LogP contribution in [0, 0.1) is 0 Å². The minimum Gasteiger partial charge on any atom is -0.469 e. The van der Waals surface area contributed by atoms with Gasteiger partial charge in [-0.3, -0.25) is 14.4 Å². The number of imide groups is 1. The normalized spacial score (nSPS) is 13.0. The molecule has 3 aromatic rings. The third-order valence-electron chi connectivity index (χ3n) is 4.32. The van der Waals surface area contributed by atoms with Crippen LogP contribution in [0.15, 0.2) is 48.5 Å². The van der Waals surface area contributed by atoms with E-state index in [0.29, 0.717) is 26.7 Å². The van der Waals surface area contributed by atoms with Crippen LogP contribution in [0.4, 0.5) is 5.13 Å². The molecule has 140 valence electrons. The van der Waals surface area contributed by atoms with Crippen molar-refractivity contribution in [3.05, 3.63) is 69.6 Å². The van der Waals surface area contributed by atoms with E-state index < -0.39 is 17.8 Å². The smallest absolute Gasteiger partial charge is 0.310 e. The number of benzene rings is 2. The predicted octanol–water partition coefficient (Wildman–Crippen LogP) is 3.98. The molecule has 0 fully saturated rings. The quantitative estimate of drug-likeness (QED) is 0.478. The summed E-state index contributed by atoms with van der Waals surface area (Å²) in [7, 11) is 1.30. The number of nitrogens with zero attached hydrogens (tertiary/aromatic N) is 2. The highest BCUT2D eigenvalue weighted by molar-refractivity contribution is 7.16. The van der Waals surface area contributed by atoms with Crippen LogP contribution in [0.2, 0.25) is 5.02 Å². The second-order valence-electron chi connectivity index (χ2n) is 6.02. The highest BCUT2D eigenvalue weighted by atomic mass is 35.5. The number of hydrogen-bond donors (Lipinski definition) is 0. The van der Waals surface area contributed by atoms with Crippen LogP contribution in [0.5, 0.6) is 0 Å². The molecule has 0 saturated carbocycles. The number of ether oxygens (including phenoxy) is 1. The summed E-state index contributed by atoms with van der Waals surface area (Å²) in [6.07, 6.45) is -0.0186. The van der Waals surface area contributed by atoms with Gasteiger partial charge in [-0.2, -0.15) is 0 Å². The Morgan fingerprint density at radius 2 is 1.68 bits per heavy atom. The number of amides is 2. The fourth-order valence-corrected chi connectivity index (χ4v) is 4.14. The Morgan fingerprint density at radius 1 is 1.07 bits per heavy atom. The van der Waals surface area contributed by atoms with Crippen LogP contribution in [-0.2, 0) is 16.0 Å². The molecule has 28 heavy (non-hydrogen) atoms. The van der Waals surface area contributed by atoms with E-state index in [1.165, 1.54) is 7.11 Å². The summed E-state index contributed by atoms with van der Waals surface area (Å²) in [4.78, 5) is 43.5. The van der Waals surface area contributed by atoms with Gasteiger partial charge in [-0.1, -0.05) is 47.2 Å². The highest BCUT2D eigenvalue weighted by Gasteiger charge is 2.38. The fraction of sp³-hybridized carbons (Fsp3) is 0.100. The van der Waals surface area contributed by atoms with Crippen LogP contribution in [0.1, 0.15) is 25.6 Å². The molecule has 0 atom stereocenters. The Labute approximate surface area is 169 Å². The summed E-state index contributed by atoms with van der Waals surface area (Å²) in [6, 6.07) is 13.6. The van der Waals surface area contributed by atoms with Crippen molar-refractivity contribution in [2.24, 2.45) is 0 Å². The number of anilines is 1. The molecule has 6 nitrogen and oxygen atoms in total. The van der Waals surface area contributed by atoms with Gasteiger partial charge in [0.1, 0.15) is 0 Å². The van der Waals surface area contributed by atoms with Gasteiger partial charge in [-0.15, -0.1) is 0 Å². The van der Waals surface area contributed by atoms with Crippen molar-refractivity contribution in [1.29, 1.82) is 0 Å². The molecule has 0 bridgehead atoms. The van der Waals surface area contributed by atoms with E-state index in [4.69, 9.17) is 16.3 Å². The van der Waals surface area contributed by atoms with Crippen molar-refractivity contribution in [2.75, 3.05) is 12.0 Å². The van der Waals surface area contributed by atoms with Crippen molar-refractivity contribution < 1.29 is 19.1 Å². The van der Waals surface area contributed by atoms with Crippen molar-refractivity contribution >= 4 is 45.9 Å². The fourth-order valence-electron chi connectivity index (χ4n) is 2.95. The van der Waals surface area contributed by atoms with Gasteiger partial charge in [0.05, 0.1) is 30.4 Å². The molecule has 0 N–H and O–H groups in total. The monoisotopic (exact) mass is 412 g/mol. The molecule has 1 aliphatic rings. The maximum Gasteiger partial charge on any atom is 0.310 e. The lowest BCUT2D eigenvalue weighted by molar-refractivity contribution is -0.139. The Bertz CT molecular complexity index is 1070. The van der Waals surface area contributed by atoms with Crippen LogP contribution < -0.4 is 4.90 Å². The van der Waals surface area contributed by atoms with Gasteiger partial charge in [-0.25, -0.2) is 9.88 Å². The minimum absolute atomic E-state index is 0.0186. The summed E-state index contributed by atoms with van der Waals surface area (Å²) >= 11 is 7.07. The Kier molecular flexibility index (Phi) is 4.70. The van der Waals surface area contributed by atoms with Crippen LogP contribution in [0.25, 0.3) is 11.3 Å². The Balaban J connectivity index is 1.80. The maximum absolute atomic E-state index is 12.8. The van der Waals surface area contributed by atoms with Gasteiger partial charge in [0.25, 0.3) is 11.8 Å². The molecule has 4 rings (SSSR count). The molecular weight excluding hydrogens is 400 g/mol. The van der Waals surface area contributed by atoms with Gasteiger partial charge < -0.3 is 4.74 Å². The van der Waals surface area contributed by atoms with Gasteiger partial charge in [0, 0.05) is 15.5 Å².